The average Bonchev–Trinajstić information content (AvgIpc) is 1.79. The molecule has 0 aromatic rings. The van der Waals surface area contributed by atoms with E-state index >= 15 is 0 Å². The van der Waals surface area contributed by atoms with E-state index in [9.17, 15) is 0 Å². The molecule has 1 aliphatic rings. The van der Waals surface area contributed by atoms with Crippen LogP contribution in [-0.2, 0) is 0 Å². The number of hydrogen-bond acceptors (Lipinski definition) is 0. The van der Waals surface area contributed by atoms with Crippen molar-refractivity contribution < 1.29 is 0 Å². The summed E-state index contributed by atoms with van der Waals surface area (Å²) in [6.45, 7) is 0. The van der Waals surface area contributed by atoms with Crippen molar-refractivity contribution in [2.24, 2.45) is 0 Å². The van der Waals surface area contributed by atoms with Gasteiger partial charge in [-0.1, -0.05) is 41.6 Å². The molecule has 0 heterocycles. The molecule has 0 aliphatic heterocycles. The van der Waals surface area contributed by atoms with Gasteiger partial charge in [-0.05, 0) is 19.3 Å². The first kappa shape index (κ1) is 7.59. The van der Waals surface area contributed by atoms with Crippen LogP contribution in [0.25, 0.3) is 0 Å². The Morgan fingerprint density at radius 1 is 1.11 bits per heavy atom. The third-order valence-corrected chi connectivity index (χ3v) is 2.69. The number of hydrogen-bond donors (Lipinski definition) is 0. The van der Waals surface area contributed by atoms with Gasteiger partial charge in [-0.15, -0.1) is 0 Å². The van der Waals surface area contributed by atoms with Crippen LogP contribution >= 0.6 is 15.9 Å². The molecule has 0 nitrogen and oxygen atoms in total. The van der Waals surface area contributed by atoms with Gasteiger partial charge in [0.15, 0.2) is 0 Å². The van der Waals surface area contributed by atoms with Crippen molar-refractivity contribution in [2.45, 2.75) is 43.4 Å². The quantitative estimate of drug-likeness (QED) is 0.514. The van der Waals surface area contributed by atoms with Crippen LogP contribution in [0.4, 0.5) is 0 Å². The van der Waals surface area contributed by atoms with Crippen molar-refractivity contribution in [3.8, 4) is 0 Å². The van der Waals surface area contributed by atoms with E-state index in [4.69, 9.17) is 0 Å². The zero-order chi connectivity index (χ0) is 6.53. The molecular formula is C8H14Br. The topological polar surface area (TPSA) is 0 Å². The molecule has 0 aromatic heterocycles. The molecule has 1 aliphatic carbocycles. The van der Waals surface area contributed by atoms with Crippen LogP contribution in [0.2, 0.25) is 0 Å². The van der Waals surface area contributed by atoms with Gasteiger partial charge < -0.3 is 0 Å². The fourth-order valence-corrected chi connectivity index (χ4v) is 1.84. The Morgan fingerprint density at radius 3 is 2.78 bits per heavy atom. The molecule has 1 unspecified atom stereocenters. The molecule has 0 aromatic carbocycles. The minimum atomic E-state index is 0.706. The van der Waals surface area contributed by atoms with E-state index < -0.39 is 0 Å². The van der Waals surface area contributed by atoms with Crippen LogP contribution in [0.3, 0.4) is 0 Å². The zero-order valence-corrected chi connectivity index (χ0v) is 7.36. The van der Waals surface area contributed by atoms with Crippen LogP contribution in [0.5, 0.6) is 0 Å². The summed E-state index contributed by atoms with van der Waals surface area (Å²) in [4.78, 5) is 0.706. The van der Waals surface area contributed by atoms with Crippen LogP contribution < -0.4 is 0 Å². The Morgan fingerprint density at radius 2 is 1.89 bits per heavy atom. The third-order valence-electron chi connectivity index (χ3n) is 1.86. The lowest BCUT2D eigenvalue weighted by Crippen LogP contribution is -2.01. The summed E-state index contributed by atoms with van der Waals surface area (Å²) in [5.41, 5.74) is 0. The highest BCUT2D eigenvalue weighted by atomic mass is 79.9. The molecule has 0 amide bonds. The minimum absolute atomic E-state index is 0.706. The van der Waals surface area contributed by atoms with Crippen molar-refractivity contribution >= 4 is 15.9 Å². The van der Waals surface area contributed by atoms with Gasteiger partial charge >= 0.3 is 0 Å². The Bertz CT molecular complexity index is 63.0. The second-order valence-corrected chi connectivity index (χ2v) is 3.92. The summed E-state index contributed by atoms with van der Waals surface area (Å²) >= 11 is 3.62. The predicted octanol–water partition coefficient (Wildman–Crippen LogP) is 3.31. The summed E-state index contributed by atoms with van der Waals surface area (Å²) in [7, 11) is 0. The molecule has 1 fully saturated rings. The second-order valence-electron chi connectivity index (χ2n) is 2.74. The van der Waals surface area contributed by atoms with Crippen LogP contribution in [0.15, 0.2) is 0 Å². The molecule has 0 N–H and O–H groups in total. The fraction of sp³-hybridized carbons (Fsp3) is 0.875. The standard InChI is InChI=1S/C8H14Br/c9-8-6-4-2-1-3-5-7-8/h6,8H,1-5,7H2. The molecule has 0 saturated heterocycles. The Balaban J connectivity index is 2.12. The molecule has 1 rings (SSSR count). The van der Waals surface area contributed by atoms with E-state index in [1.165, 1.54) is 38.5 Å². The summed E-state index contributed by atoms with van der Waals surface area (Å²) in [5, 5.41) is 0. The second kappa shape index (κ2) is 4.32. The SMILES string of the molecule is BrC1[CH]CCCCCC1. The molecule has 53 valence electrons. The smallest absolute Gasteiger partial charge is 0.0177 e. The van der Waals surface area contributed by atoms with Gasteiger partial charge in [0, 0.05) is 4.83 Å². The van der Waals surface area contributed by atoms with Crippen molar-refractivity contribution in [1.29, 1.82) is 0 Å². The van der Waals surface area contributed by atoms with Crippen LogP contribution in [0, 0.1) is 6.42 Å². The Kier molecular flexibility index (Phi) is 3.64. The van der Waals surface area contributed by atoms with E-state index in [-0.39, 0.29) is 0 Å². The molecule has 9 heavy (non-hydrogen) atoms. The number of halogens is 1. The molecule has 1 radical (unpaired) electrons. The van der Waals surface area contributed by atoms with Gasteiger partial charge in [0.1, 0.15) is 0 Å². The van der Waals surface area contributed by atoms with E-state index in [1.807, 2.05) is 0 Å². The Hall–Kier alpha value is 0.480. The minimum Gasteiger partial charge on any atom is -0.0888 e. The molecule has 0 spiro atoms. The average molecular weight is 190 g/mol. The van der Waals surface area contributed by atoms with Gasteiger partial charge in [0.25, 0.3) is 0 Å². The van der Waals surface area contributed by atoms with E-state index in [0.717, 1.165) is 0 Å². The summed E-state index contributed by atoms with van der Waals surface area (Å²) in [6, 6.07) is 0. The van der Waals surface area contributed by atoms with E-state index in [0.29, 0.717) is 4.83 Å². The van der Waals surface area contributed by atoms with Crippen molar-refractivity contribution in [3.63, 3.8) is 0 Å². The summed E-state index contributed by atoms with van der Waals surface area (Å²) in [6.07, 6.45) is 10.8. The highest BCUT2D eigenvalue weighted by Gasteiger charge is 2.06. The largest absolute Gasteiger partial charge is 0.0888 e. The first-order valence-corrected chi connectivity index (χ1v) is 4.78. The highest BCUT2D eigenvalue weighted by Crippen LogP contribution is 2.20. The first-order chi connectivity index (χ1) is 4.39. The number of alkyl halides is 1. The maximum atomic E-state index is 3.62. The monoisotopic (exact) mass is 189 g/mol. The maximum absolute atomic E-state index is 3.62. The van der Waals surface area contributed by atoms with E-state index in [2.05, 4.69) is 22.4 Å². The lowest BCUT2D eigenvalue weighted by Gasteiger charge is -2.12. The van der Waals surface area contributed by atoms with Crippen LogP contribution in [-0.4, -0.2) is 4.83 Å². The van der Waals surface area contributed by atoms with E-state index in [1.54, 1.807) is 0 Å². The van der Waals surface area contributed by atoms with Gasteiger partial charge in [0.2, 0.25) is 0 Å². The molecule has 1 atom stereocenters. The van der Waals surface area contributed by atoms with Crippen LogP contribution in [0.1, 0.15) is 38.5 Å². The highest BCUT2D eigenvalue weighted by molar-refractivity contribution is 9.09. The zero-order valence-electron chi connectivity index (χ0n) is 5.78. The van der Waals surface area contributed by atoms with Gasteiger partial charge in [-0.25, -0.2) is 0 Å². The third kappa shape index (κ3) is 3.24. The van der Waals surface area contributed by atoms with Crippen molar-refractivity contribution in [2.75, 3.05) is 0 Å². The summed E-state index contributed by atoms with van der Waals surface area (Å²) < 4.78 is 0. The number of rotatable bonds is 0. The summed E-state index contributed by atoms with van der Waals surface area (Å²) in [5.74, 6) is 0. The predicted molar refractivity (Wildman–Crippen MR) is 44.7 cm³/mol. The van der Waals surface area contributed by atoms with Crippen molar-refractivity contribution in [3.05, 3.63) is 6.42 Å². The van der Waals surface area contributed by atoms with Gasteiger partial charge in [0.05, 0.1) is 0 Å². The lowest BCUT2D eigenvalue weighted by molar-refractivity contribution is 0.574. The molecular weight excluding hydrogens is 176 g/mol. The molecule has 1 saturated carbocycles. The maximum Gasteiger partial charge on any atom is 0.0177 e. The normalized spacial score (nSPS) is 25.0. The fourth-order valence-electron chi connectivity index (χ4n) is 1.25. The molecule has 0 bridgehead atoms. The first-order valence-electron chi connectivity index (χ1n) is 3.87. The van der Waals surface area contributed by atoms with Gasteiger partial charge in [-0.2, -0.15) is 0 Å². The lowest BCUT2D eigenvalue weighted by atomic mass is 10.0. The van der Waals surface area contributed by atoms with Gasteiger partial charge in [-0.3, -0.25) is 0 Å². The van der Waals surface area contributed by atoms with Crippen molar-refractivity contribution in [1.82, 2.24) is 0 Å². The molecule has 1 heteroatoms. The Labute approximate surface area is 66.2 Å².